The van der Waals surface area contributed by atoms with Crippen LogP contribution < -0.4 is 30.2 Å². The van der Waals surface area contributed by atoms with Crippen LogP contribution in [0, 0.1) is 6.92 Å². The highest BCUT2D eigenvalue weighted by atomic mass is 16.2. The van der Waals surface area contributed by atoms with Crippen molar-refractivity contribution in [3.63, 3.8) is 0 Å². The number of hydrogen-bond donors (Lipinski definition) is 2. The zero-order valence-electron chi connectivity index (χ0n) is 40.0. The molecule has 0 radical (unpaired) electrons. The number of carbonyl (C=O) groups excluding carboxylic acids is 2. The van der Waals surface area contributed by atoms with Crippen LogP contribution in [0.5, 0.6) is 0 Å². The van der Waals surface area contributed by atoms with Crippen LogP contribution in [0.4, 0.5) is 73.9 Å². The second-order valence-corrected chi connectivity index (χ2v) is 17.2. The molecule has 0 spiro atoms. The summed E-state index contributed by atoms with van der Waals surface area (Å²) in [6, 6.07) is 89.9. The summed E-state index contributed by atoms with van der Waals surface area (Å²) in [6.45, 7) is 2.10. The van der Waals surface area contributed by atoms with E-state index >= 15 is 0 Å². The zero-order chi connectivity index (χ0) is 49.2. The normalized spacial score (nSPS) is 10.8. The van der Waals surface area contributed by atoms with E-state index in [0.29, 0.717) is 16.8 Å². The van der Waals surface area contributed by atoms with Crippen LogP contribution in [0.2, 0.25) is 0 Å². The number of para-hydroxylation sites is 4. The standard InChI is InChI=1S/C64H52N6O2/c1-47-23-31-55(32-24-47)67(51-15-7-3-8-16-51)59-39-45-62(46-40-59)70(54-21-13-6-14-22-54)58-37-29-50(30-38-58)66-64(72)49-27-35-57(36-28-49)69(53-19-11-5-12-20-53)61-43-41-60(42-44-61)68(52-17-9-4-10-18-52)56-33-25-48(26-34-56)63(71)65-2/h3-46H,1-2H3,(H,65,71)(H,66,72). The molecule has 0 atom stereocenters. The van der Waals surface area contributed by atoms with E-state index in [2.05, 4.69) is 171 Å². The van der Waals surface area contributed by atoms with Gasteiger partial charge in [-0.25, -0.2) is 0 Å². The Morgan fingerprint density at radius 3 is 0.778 bits per heavy atom. The van der Waals surface area contributed by atoms with Gasteiger partial charge in [-0.2, -0.15) is 0 Å². The lowest BCUT2D eigenvalue weighted by molar-refractivity contribution is 0.0962. The third-order valence-electron chi connectivity index (χ3n) is 12.5. The van der Waals surface area contributed by atoms with Crippen molar-refractivity contribution in [3.8, 4) is 0 Å². The summed E-state index contributed by atoms with van der Waals surface area (Å²) >= 11 is 0. The first-order chi connectivity index (χ1) is 35.4. The van der Waals surface area contributed by atoms with Crippen molar-refractivity contribution < 1.29 is 9.59 Å². The number of carbonyl (C=O) groups is 2. The van der Waals surface area contributed by atoms with Gasteiger partial charge in [-0.05, 0) is 189 Å². The first-order valence-corrected chi connectivity index (χ1v) is 23.9. The first-order valence-electron chi connectivity index (χ1n) is 23.9. The largest absolute Gasteiger partial charge is 0.355 e. The fraction of sp³-hybridized carbons (Fsp3) is 0.0312. The van der Waals surface area contributed by atoms with E-state index < -0.39 is 0 Å². The molecule has 10 rings (SSSR count). The van der Waals surface area contributed by atoms with Crippen LogP contribution in [0.25, 0.3) is 0 Å². The smallest absolute Gasteiger partial charge is 0.255 e. The lowest BCUT2D eigenvalue weighted by Gasteiger charge is -2.28. The summed E-state index contributed by atoms with van der Waals surface area (Å²) in [5.74, 6) is -0.338. The summed E-state index contributed by atoms with van der Waals surface area (Å²) in [6.07, 6.45) is 0. The predicted molar refractivity (Wildman–Crippen MR) is 298 cm³/mol. The molecule has 0 saturated heterocycles. The van der Waals surface area contributed by atoms with Crippen LogP contribution in [-0.2, 0) is 0 Å². The van der Waals surface area contributed by atoms with Gasteiger partial charge in [0, 0.05) is 92.1 Å². The minimum atomic E-state index is -0.207. The lowest BCUT2D eigenvalue weighted by atomic mass is 10.1. The van der Waals surface area contributed by atoms with E-state index in [0.717, 1.165) is 68.2 Å². The molecule has 0 aromatic heterocycles. The number of benzene rings is 10. The molecule has 8 heteroatoms. The Labute approximate surface area is 421 Å². The molecule has 0 aliphatic carbocycles. The number of amides is 2. The van der Waals surface area contributed by atoms with Gasteiger partial charge in [0.25, 0.3) is 11.8 Å². The third kappa shape index (κ3) is 10.2. The van der Waals surface area contributed by atoms with Crippen LogP contribution >= 0.6 is 0 Å². The van der Waals surface area contributed by atoms with E-state index in [1.807, 2.05) is 133 Å². The second-order valence-electron chi connectivity index (χ2n) is 17.2. The third-order valence-corrected chi connectivity index (χ3v) is 12.5. The lowest BCUT2D eigenvalue weighted by Crippen LogP contribution is -2.18. The Bertz CT molecular complexity index is 3360. The van der Waals surface area contributed by atoms with Crippen molar-refractivity contribution in [2.75, 3.05) is 32.0 Å². The van der Waals surface area contributed by atoms with Crippen molar-refractivity contribution in [2.45, 2.75) is 6.92 Å². The molecule has 0 aliphatic rings. The number of rotatable bonds is 15. The Kier molecular flexibility index (Phi) is 13.6. The summed E-state index contributed by atoms with van der Waals surface area (Å²) in [5, 5.41) is 5.82. The maximum absolute atomic E-state index is 13.8. The summed E-state index contributed by atoms with van der Waals surface area (Å²) in [7, 11) is 1.63. The predicted octanol–water partition coefficient (Wildman–Crippen LogP) is 16.5. The fourth-order valence-corrected chi connectivity index (χ4v) is 8.86. The summed E-state index contributed by atoms with van der Waals surface area (Å²) < 4.78 is 0. The number of nitrogens with zero attached hydrogens (tertiary/aromatic N) is 4. The monoisotopic (exact) mass is 936 g/mol. The van der Waals surface area contributed by atoms with Gasteiger partial charge in [-0.15, -0.1) is 0 Å². The van der Waals surface area contributed by atoms with Crippen LogP contribution in [0.15, 0.2) is 267 Å². The molecule has 0 fully saturated rings. The molecule has 0 saturated carbocycles. The summed E-state index contributed by atoms with van der Waals surface area (Å²) in [4.78, 5) is 35.0. The van der Waals surface area contributed by atoms with Gasteiger partial charge in [0.15, 0.2) is 0 Å². The molecule has 10 aromatic carbocycles. The van der Waals surface area contributed by atoms with E-state index in [9.17, 15) is 9.59 Å². The van der Waals surface area contributed by atoms with Crippen LogP contribution in [0.3, 0.4) is 0 Å². The van der Waals surface area contributed by atoms with Crippen molar-refractivity contribution in [2.24, 2.45) is 0 Å². The molecule has 72 heavy (non-hydrogen) atoms. The average molecular weight is 937 g/mol. The van der Waals surface area contributed by atoms with Crippen molar-refractivity contribution in [1.29, 1.82) is 0 Å². The Morgan fingerprint density at radius 1 is 0.278 bits per heavy atom. The van der Waals surface area contributed by atoms with Gasteiger partial charge in [0.05, 0.1) is 0 Å². The first kappa shape index (κ1) is 46.1. The number of hydrogen-bond acceptors (Lipinski definition) is 6. The average Bonchev–Trinajstić information content (AvgIpc) is 3.44. The highest BCUT2D eigenvalue weighted by Crippen LogP contribution is 2.41. The maximum atomic E-state index is 13.8. The molecular formula is C64H52N6O2. The van der Waals surface area contributed by atoms with Crippen molar-refractivity contribution in [3.05, 3.63) is 284 Å². The topological polar surface area (TPSA) is 71.2 Å². The van der Waals surface area contributed by atoms with E-state index in [1.54, 1.807) is 7.05 Å². The molecule has 350 valence electrons. The minimum absolute atomic E-state index is 0.131. The van der Waals surface area contributed by atoms with Gasteiger partial charge in [-0.1, -0.05) is 90.5 Å². The van der Waals surface area contributed by atoms with E-state index in [1.165, 1.54) is 5.56 Å². The maximum Gasteiger partial charge on any atom is 0.255 e. The van der Waals surface area contributed by atoms with Gasteiger partial charge in [0.1, 0.15) is 0 Å². The minimum Gasteiger partial charge on any atom is -0.355 e. The van der Waals surface area contributed by atoms with Gasteiger partial charge in [0.2, 0.25) is 0 Å². The quantitative estimate of drug-likeness (QED) is 0.107. The second kappa shape index (κ2) is 21.3. The number of aryl methyl sites for hydroxylation is 1. The number of anilines is 13. The molecule has 0 bridgehead atoms. The van der Waals surface area contributed by atoms with Crippen molar-refractivity contribution >= 4 is 85.8 Å². The molecule has 0 aliphatic heterocycles. The zero-order valence-corrected chi connectivity index (χ0v) is 40.0. The van der Waals surface area contributed by atoms with Gasteiger partial charge < -0.3 is 30.2 Å². The fourth-order valence-electron chi connectivity index (χ4n) is 8.86. The molecule has 0 heterocycles. The van der Waals surface area contributed by atoms with E-state index in [4.69, 9.17) is 0 Å². The molecule has 8 nitrogen and oxygen atoms in total. The highest BCUT2D eigenvalue weighted by molar-refractivity contribution is 6.04. The Balaban J connectivity index is 0.876. The van der Waals surface area contributed by atoms with Gasteiger partial charge in [-0.3, -0.25) is 9.59 Å². The van der Waals surface area contributed by atoms with Crippen molar-refractivity contribution in [1.82, 2.24) is 5.32 Å². The molecule has 2 amide bonds. The molecule has 2 N–H and O–H groups in total. The molecule has 10 aromatic rings. The molecular weight excluding hydrogens is 885 g/mol. The van der Waals surface area contributed by atoms with Crippen LogP contribution in [0.1, 0.15) is 26.3 Å². The summed E-state index contributed by atoms with van der Waals surface area (Å²) in [5.41, 5.74) is 14.9. The van der Waals surface area contributed by atoms with Crippen LogP contribution in [-0.4, -0.2) is 18.9 Å². The Hall–Kier alpha value is -9.66. The Morgan fingerprint density at radius 2 is 0.500 bits per heavy atom. The number of nitrogens with one attached hydrogen (secondary N) is 2. The highest BCUT2D eigenvalue weighted by Gasteiger charge is 2.19. The molecule has 0 unspecified atom stereocenters. The SMILES string of the molecule is CNC(=O)c1ccc(N(c2ccccc2)c2ccc(N(c3ccccc3)c3ccc(C(=O)Nc4ccc(N(c5ccccc5)c5ccc(N(c6ccccc6)c6ccc(C)cc6)cc5)cc4)cc3)cc2)cc1. The van der Waals surface area contributed by atoms with Gasteiger partial charge >= 0.3 is 0 Å². The van der Waals surface area contributed by atoms with E-state index in [-0.39, 0.29) is 11.8 Å².